The van der Waals surface area contributed by atoms with Crippen molar-refractivity contribution in [3.05, 3.63) is 29.3 Å². The first-order valence-electron chi connectivity index (χ1n) is 6.39. The third kappa shape index (κ3) is 4.42. The average Bonchev–Trinajstić information content (AvgIpc) is 2.36. The van der Waals surface area contributed by atoms with Crippen molar-refractivity contribution in [3.8, 4) is 0 Å². The van der Waals surface area contributed by atoms with Crippen molar-refractivity contribution in [1.29, 1.82) is 0 Å². The Balaban J connectivity index is 3.29. The third-order valence-corrected chi connectivity index (χ3v) is 5.00. The van der Waals surface area contributed by atoms with Gasteiger partial charge < -0.3 is 5.11 Å². The fourth-order valence-corrected chi connectivity index (χ4v) is 3.77. The molecule has 0 aliphatic carbocycles. The number of hydrogen-bond donors (Lipinski definition) is 1. The summed E-state index contributed by atoms with van der Waals surface area (Å²) in [5, 5.41) is 9.15. The number of aliphatic hydroxyl groups is 1. The number of alkyl halides is 3. The van der Waals surface area contributed by atoms with Gasteiger partial charge in [0.1, 0.15) is 6.54 Å². The van der Waals surface area contributed by atoms with E-state index in [0.717, 1.165) is 0 Å². The average molecular weight is 325 g/mol. The highest BCUT2D eigenvalue weighted by molar-refractivity contribution is 7.89. The van der Waals surface area contributed by atoms with E-state index in [1.165, 1.54) is 25.1 Å². The molecule has 0 aliphatic rings. The van der Waals surface area contributed by atoms with Gasteiger partial charge in [-0.1, -0.05) is 19.1 Å². The molecule has 0 radical (unpaired) electrons. The molecule has 4 nitrogen and oxygen atoms in total. The molecule has 1 aromatic carbocycles. The highest BCUT2D eigenvalue weighted by Gasteiger charge is 2.37. The van der Waals surface area contributed by atoms with Crippen LogP contribution < -0.4 is 0 Å². The maximum Gasteiger partial charge on any atom is 0.402 e. The molecule has 0 saturated heterocycles. The van der Waals surface area contributed by atoms with Crippen molar-refractivity contribution in [1.82, 2.24) is 4.31 Å². The van der Waals surface area contributed by atoms with Gasteiger partial charge in [-0.2, -0.15) is 17.5 Å². The summed E-state index contributed by atoms with van der Waals surface area (Å²) in [5.41, 5.74) is 0.641. The molecule has 0 spiro atoms. The molecule has 0 aliphatic heterocycles. The van der Waals surface area contributed by atoms with Crippen LogP contribution in [0, 0.1) is 6.92 Å². The van der Waals surface area contributed by atoms with E-state index in [4.69, 9.17) is 5.11 Å². The smallest absolute Gasteiger partial charge is 0.392 e. The Kier molecular flexibility index (Phi) is 5.77. The van der Waals surface area contributed by atoms with Crippen LogP contribution in [-0.2, 0) is 16.6 Å². The number of sulfonamides is 1. The Hall–Kier alpha value is -1.12. The molecule has 0 amide bonds. The summed E-state index contributed by atoms with van der Waals surface area (Å²) >= 11 is 0. The lowest BCUT2D eigenvalue weighted by molar-refractivity contribution is -0.136. The van der Waals surface area contributed by atoms with E-state index >= 15 is 0 Å². The van der Waals surface area contributed by atoms with E-state index in [9.17, 15) is 21.6 Å². The van der Waals surface area contributed by atoms with Crippen LogP contribution in [0.2, 0.25) is 0 Å². The van der Waals surface area contributed by atoms with Gasteiger partial charge in [0.25, 0.3) is 0 Å². The highest BCUT2D eigenvalue weighted by atomic mass is 32.2. The van der Waals surface area contributed by atoms with Gasteiger partial charge in [-0.05, 0) is 30.5 Å². The minimum atomic E-state index is -4.61. The zero-order chi connectivity index (χ0) is 16.3. The van der Waals surface area contributed by atoms with Gasteiger partial charge in [-0.3, -0.25) is 0 Å². The van der Waals surface area contributed by atoms with Gasteiger partial charge in [0.15, 0.2) is 0 Å². The van der Waals surface area contributed by atoms with E-state index in [-0.39, 0.29) is 30.0 Å². The minimum Gasteiger partial charge on any atom is -0.392 e. The number of nitrogens with zero attached hydrogens (tertiary/aromatic N) is 1. The normalized spacial score (nSPS) is 12.9. The molecule has 0 unspecified atom stereocenters. The Labute approximate surface area is 122 Å². The summed E-state index contributed by atoms with van der Waals surface area (Å²) in [7, 11) is -4.26. The molecular formula is C13H18F3NO3S. The second-order valence-corrected chi connectivity index (χ2v) is 6.56. The van der Waals surface area contributed by atoms with Crippen LogP contribution >= 0.6 is 0 Å². The van der Waals surface area contributed by atoms with Gasteiger partial charge in [0.05, 0.1) is 11.5 Å². The first-order chi connectivity index (χ1) is 9.63. The standard InChI is InChI=1S/C13H18F3NO3S/c1-3-7-17(9-13(14,15)16)21(19,20)12-6-4-5-11(8-18)10(12)2/h4-6,18H,3,7-9H2,1-2H3. The molecule has 1 N–H and O–H groups in total. The summed E-state index contributed by atoms with van der Waals surface area (Å²) in [6.07, 6.45) is -4.33. The Morgan fingerprint density at radius 2 is 1.90 bits per heavy atom. The molecule has 120 valence electrons. The van der Waals surface area contributed by atoms with Crippen LogP contribution in [0.15, 0.2) is 23.1 Å². The van der Waals surface area contributed by atoms with Gasteiger partial charge in [0.2, 0.25) is 10.0 Å². The first kappa shape index (κ1) is 17.9. The summed E-state index contributed by atoms with van der Waals surface area (Å²) in [4.78, 5) is -0.202. The zero-order valence-electron chi connectivity index (χ0n) is 11.8. The van der Waals surface area contributed by atoms with Crippen LogP contribution in [0.1, 0.15) is 24.5 Å². The van der Waals surface area contributed by atoms with Crippen molar-refractivity contribution in [2.75, 3.05) is 13.1 Å². The van der Waals surface area contributed by atoms with Crippen molar-refractivity contribution in [3.63, 3.8) is 0 Å². The molecule has 0 atom stereocenters. The van der Waals surface area contributed by atoms with Gasteiger partial charge in [-0.25, -0.2) is 8.42 Å². The molecule has 0 saturated carbocycles. The van der Waals surface area contributed by atoms with Crippen molar-refractivity contribution >= 4 is 10.0 Å². The largest absolute Gasteiger partial charge is 0.402 e. The fourth-order valence-electron chi connectivity index (χ4n) is 1.98. The summed E-state index contributed by atoms with van der Waals surface area (Å²) in [6.45, 7) is 0.963. The molecule has 1 rings (SSSR count). The van der Waals surface area contributed by atoms with Crippen LogP contribution in [0.5, 0.6) is 0 Å². The predicted molar refractivity (Wildman–Crippen MR) is 72.2 cm³/mol. The quantitative estimate of drug-likeness (QED) is 0.874. The van der Waals surface area contributed by atoms with Crippen LogP contribution in [-0.4, -0.2) is 37.1 Å². The van der Waals surface area contributed by atoms with E-state index < -0.39 is 22.7 Å². The van der Waals surface area contributed by atoms with E-state index in [0.29, 0.717) is 9.87 Å². The SMILES string of the molecule is CCCN(CC(F)(F)F)S(=O)(=O)c1cccc(CO)c1C. The maximum absolute atomic E-state index is 12.6. The second-order valence-electron chi connectivity index (χ2n) is 4.65. The van der Waals surface area contributed by atoms with Gasteiger partial charge in [0, 0.05) is 6.54 Å². The van der Waals surface area contributed by atoms with Gasteiger partial charge >= 0.3 is 6.18 Å². The molecule has 8 heteroatoms. The Morgan fingerprint density at radius 1 is 1.29 bits per heavy atom. The Morgan fingerprint density at radius 3 is 2.38 bits per heavy atom. The lowest BCUT2D eigenvalue weighted by Gasteiger charge is -2.24. The number of hydrogen-bond acceptors (Lipinski definition) is 3. The summed E-state index contributed by atoms with van der Waals surface area (Å²) < 4.78 is 63.0. The number of benzene rings is 1. The number of halogens is 3. The predicted octanol–water partition coefficient (Wildman–Crippen LogP) is 2.45. The highest BCUT2D eigenvalue weighted by Crippen LogP contribution is 2.26. The zero-order valence-corrected chi connectivity index (χ0v) is 12.6. The fraction of sp³-hybridized carbons (Fsp3) is 0.538. The minimum absolute atomic E-state index is 0.202. The molecule has 0 fully saturated rings. The van der Waals surface area contributed by atoms with Crippen LogP contribution in [0.3, 0.4) is 0 Å². The molecule has 0 heterocycles. The molecule has 0 bridgehead atoms. The van der Waals surface area contributed by atoms with Crippen LogP contribution in [0.25, 0.3) is 0 Å². The lowest BCUT2D eigenvalue weighted by atomic mass is 10.1. The third-order valence-electron chi connectivity index (χ3n) is 3.01. The van der Waals surface area contributed by atoms with Crippen molar-refractivity contribution in [2.45, 2.75) is 37.9 Å². The molecule has 0 aromatic heterocycles. The van der Waals surface area contributed by atoms with Crippen LogP contribution in [0.4, 0.5) is 13.2 Å². The Bertz CT molecular complexity index is 585. The monoisotopic (exact) mass is 325 g/mol. The number of rotatable bonds is 6. The van der Waals surface area contributed by atoms with E-state index in [2.05, 4.69) is 0 Å². The van der Waals surface area contributed by atoms with Crippen molar-refractivity contribution < 1.29 is 26.7 Å². The van der Waals surface area contributed by atoms with E-state index in [1.54, 1.807) is 6.92 Å². The van der Waals surface area contributed by atoms with Gasteiger partial charge in [-0.15, -0.1) is 0 Å². The molecule has 1 aromatic rings. The van der Waals surface area contributed by atoms with Crippen molar-refractivity contribution in [2.24, 2.45) is 0 Å². The first-order valence-corrected chi connectivity index (χ1v) is 7.83. The second kappa shape index (κ2) is 6.76. The molecule has 21 heavy (non-hydrogen) atoms. The topological polar surface area (TPSA) is 57.6 Å². The summed E-state index contributed by atoms with van der Waals surface area (Å²) in [6, 6.07) is 4.19. The molecular weight excluding hydrogens is 307 g/mol. The summed E-state index contributed by atoms with van der Waals surface area (Å²) in [5.74, 6) is 0. The lowest BCUT2D eigenvalue weighted by Crippen LogP contribution is -2.39. The number of aliphatic hydroxyl groups excluding tert-OH is 1. The maximum atomic E-state index is 12.6. The van der Waals surface area contributed by atoms with E-state index in [1.807, 2.05) is 0 Å².